The Kier molecular flexibility index (Phi) is 4.08. The average Bonchev–Trinajstić information content (AvgIpc) is 2.97. The normalized spacial score (nSPS) is 19.4. The van der Waals surface area contributed by atoms with Crippen molar-refractivity contribution < 1.29 is 4.74 Å². The van der Waals surface area contributed by atoms with Gasteiger partial charge in [-0.2, -0.15) is 0 Å². The van der Waals surface area contributed by atoms with Crippen LogP contribution in [-0.2, 0) is 6.42 Å². The largest absolute Gasteiger partial charge is 0.497 e. The third kappa shape index (κ3) is 2.74. The highest BCUT2D eigenvalue weighted by atomic mass is 32.1. The van der Waals surface area contributed by atoms with Crippen molar-refractivity contribution in [2.24, 2.45) is 0 Å². The van der Waals surface area contributed by atoms with Gasteiger partial charge < -0.3 is 10.1 Å². The van der Waals surface area contributed by atoms with Gasteiger partial charge in [-0.15, -0.1) is 11.3 Å². The van der Waals surface area contributed by atoms with E-state index in [1.54, 1.807) is 12.0 Å². The summed E-state index contributed by atoms with van der Waals surface area (Å²) in [7, 11) is 1.72. The highest BCUT2D eigenvalue weighted by Gasteiger charge is 2.22. The molecule has 2 atom stereocenters. The van der Waals surface area contributed by atoms with E-state index in [0.29, 0.717) is 12.1 Å². The molecule has 2 nitrogen and oxygen atoms in total. The van der Waals surface area contributed by atoms with Gasteiger partial charge >= 0.3 is 0 Å². The van der Waals surface area contributed by atoms with Gasteiger partial charge in [0.2, 0.25) is 0 Å². The van der Waals surface area contributed by atoms with Crippen LogP contribution in [0.15, 0.2) is 35.7 Å². The Morgan fingerprint density at radius 2 is 2.25 bits per heavy atom. The summed E-state index contributed by atoms with van der Waals surface area (Å²) in [5.74, 6) is 0.927. The Labute approximate surface area is 124 Å². The van der Waals surface area contributed by atoms with E-state index < -0.39 is 0 Å². The van der Waals surface area contributed by atoms with Gasteiger partial charge in [0.15, 0.2) is 0 Å². The zero-order valence-corrected chi connectivity index (χ0v) is 12.9. The molecule has 1 aromatic carbocycles. The van der Waals surface area contributed by atoms with Crippen molar-refractivity contribution in [3.8, 4) is 5.75 Å². The summed E-state index contributed by atoms with van der Waals surface area (Å²) < 4.78 is 5.31. The molecule has 0 spiro atoms. The van der Waals surface area contributed by atoms with E-state index >= 15 is 0 Å². The number of aryl methyl sites for hydroxylation is 1. The van der Waals surface area contributed by atoms with Crippen LogP contribution in [0.4, 0.5) is 0 Å². The Hall–Kier alpha value is -1.32. The quantitative estimate of drug-likeness (QED) is 0.895. The van der Waals surface area contributed by atoms with E-state index in [9.17, 15) is 0 Å². The Bertz CT molecular complexity index is 578. The van der Waals surface area contributed by atoms with Gasteiger partial charge in [0, 0.05) is 17.0 Å². The first kappa shape index (κ1) is 13.7. The van der Waals surface area contributed by atoms with Gasteiger partial charge in [-0.05, 0) is 60.9 Å². The molecule has 2 aromatic rings. The molecule has 1 heterocycles. The van der Waals surface area contributed by atoms with Crippen molar-refractivity contribution >= 4 is 11.3 Å². The lowest BCUT2D eigenvalue weighted by Crippen LogP contribution is -2.27. The van der Waals surface area contributed by atoms with E-state index in [2.05, 4.69) is 41.9 Å². The first-order chi connectivity index (χ1) is 9.78. The molecular formula is C17H21NOS. The van der Waals surface area contributed by atoms with E-state index in [4.69, 9.17) is 4.74 Å². The third-order valence-electron chi connectivity index (χ3n) is 4.10. The molecular weight excluding hydrogens is 266 g/mol. The topological polar surface area (TPSA) is 21.3 Å². The van der Waals surface area contributed by atoms with Crippen LogP contribution in [0.3, 0.4) is 0 Å². The Morgan fingerprint density at radius 3 is 3.10 bits per heavy atom. The summed E-state index contributed by atoms with van der Waals surface area (Å²) in [4.78, 5) is 1.56. The number of thiophene rings is 1. The van der Waals surface area contributed by atoms with Crippen LogP contribution >= 0.6 is 11.3 Å². The molecule has 3 rings (SSSR count). The van der Waals surface area contributed by atoms with Gasteiger partial charge in [-0.3, -0.25) is 0 Å². The maximum Gasteiger partial charge on any atom is 0.119 e. The number of hydrogen-bond acceptors (Lipinski definition) is 3. The third-order valence-corrected chi connectivity index (χ3v) is 5.09. The summed E-state index contributed by atoms with van der Waals surface area (Å²) in [5.41, 5.74) is 2.79. The minimum absolute atomic E-state index is 0.334. The van der Waals surface area contributed by atoms with Crippen molar-refractivity contribution in [1.29, 1.82) is 0 Å². The minimum atomic E-state index is 0.334. The number of methoxy groups -OCH3 is 1. The number of fused-ring (bicyclic) bond motifs is 1. The summed E-state index contributed by atoms with van der Waals surface area (Å²) >= 11 is 1.90. The molecule has 0 saturated heterocycles. The fourth-order valence-electron chi connectivity index (χ4n) is 2.97. The maximum absolute atomic E-state index is 5.31. The molecule has 0 saturated carbocycles. The highest BCUT2D eigenvalue weighted by molar-refractivity contribution is 7.10. The van der Waals surface area contributed by atoms with Gasteiger partial charge in [0.1, 0.15) is 5.75 Å². The second-order valence-corrected chi connectivity index (χ2v) is 6.41. The van der Waals surface area contributed by atoms with Crippen molar-refractivity contribution in [3.63, 3.8) is 0 Å². The first-order valence-corrected chi connectivity index (χ1v) is 8.12. The predicted octanol–water partition coefficient (Wildman–Crippen LogP) is 4.48. The standard InChI is InChI=1S/C17H21NOS/c1-12(13-5-3-6-14(11-13)19-2)18-16-7-4-8-17-15(16)9-10-20-17/h3,5-6,9-12,16,18H,4,7-8H2,1-2H3/t12-,16?/m0/s1. The van der Waals surface area contributed by atoms with Crippen molar-refractivity contribution in [3.05, 3.63) is 51.7 Å². The van der Waals surface area contributed by atoms with Gasteiger partial charge in [-0.1, -0.05) is 12.1 Å². The molecule has 20 heavy (non-hydrogen) atoms. The van der Waals surface area contributed by atoms with E-state index in [1.807, 2.05) is 17.4 Å². The van der Waals surface area contributed by atoms with Crippen LogP contribution in [0.1, 0.15) is 47.9 Å². The predicted molar refractivity (Wildman–Crippen MR) is 84.5 cm³/mol. The molecule has 3 heteroatoms. The lowest BCUT2D eigenvalue weighted by Gasteiger charge is -2.27. The second-order valence-electron chi connectivity index (χ2n) is 5.41. The van der Waals surface area contributed by atoms with Crippen molar-refractivity contribution in [1.82, 2.24) is 5.32 Å². The van der Waals surface area contributed by atoms with E-state index in [-0.39, 0.29) is 0 Å². The number of benzene rings is 1. The molecule has 1 N–H and O–H groups in total. The average molecular weight is 287 g/mol. The smallest absolute Gasteiger partial charge is 0.119 e. The summed E-state index contributed by atoms with van der Waals surface area (Å²) in [6.45, 7) is 2.23. The van der Waals surface area contributed by atoms with Gasteiger partial charge in [0.05, 0.1) is 7.11 Å². The molecule has 0 radical (unpaired) electrons. The van der Waals surface area contributed by atoms with Crippen LogP contribution in [0, 0.1) is 0 Å². The fraction of sp³-hybridized carbons (Fsp3) is 0.412. The van der Waals surface area contributed by atoms with Crippen LogP contribution in [-0.4, -0.2) is 7.11 Å². The molecule has 0 aliphatic heterocycles. The Balaban J connectivity index is 1.75. The SMILES string of the molecule is COc1cccc([C@H](C)NC2CCCc3sccc32)c1. The highest BCUT2D eigenvalue weighted by Crippen LogP contribution is 2.35. The van der Waals surface area contributed by atoms with Crippen LogP contribution in [0.25, 0.3) is 0 Å². The minimum Gasteiger partial charge on any atom is -0.497 e. The summed E-state index contributed by atoms with van der Waals surface area (Å²) in [5, 5.41) is 6.00. The zero-order chi connectivity index (χ0) is 13.9. The number of hydrogen-bond donors (Lipinski definition) is 1. The van der Waals surface area contributed by atoms with Gasteiger partial charge in [-0.25, -0.2) is 0 Å². The zero-order valence-electron chi connectivity index (χ0n) is 12.1. The monoisotopic (exact) mass is 287 g/mol. The lowest BCUT2D eigenvalue weighted by atomic mass is 9.93. The van der Waals surface area contributed by atoms with E-state index in [1.165, 1.54) is 30.4 Å². The summed E-state index contributed by atoms with van der Waals surface area (Å²) in [6, 6.07) is 11.4. The fourth-order valence-corrected chi connectivity index (χ4v) is 3.96. The molecule has 1 aromatic heterocycles. The lowest BCUT2D eigenvalue weighted by molar-refractivity contribution is 0.405. The molecule has 106 valence electrons. The molecule has 1 aliphatic carbocycles. The van der Waals surface area contributed by atoms with Crippen molar-refractivity contribution in [2.75, 3.05) is 7.11 Å². The maximum atomic E-state index is 5.31. The van der Waals surface area contributed by atoms with Crippen LogP contribution < -0.4 is 10.1 Å². The second kappa shape index (κ2) is 5.98. The molecule has 0 fully saturated rings. The Morgan fingerprint density at radius 1 is 1.35 bits per heavy atom. The van der Waals surface area contributed by atoms with E-state index in [0.717, 1.165) is 5.75 Å². The number of nitrogens with one attached hydrogen (secondary N) is 1. The first-order valence-electron chi connectivity index (χ1n) is 7.24. The van der Waals surface area contributed by atoms with Gasteiger partial charge in [0.25, 0.3) is 0 Å². The molecule has 0 amide bonds. The van der Waals surface area contributed by atoms with Crippen molar-refractivity contribution in [2.45, 2.75) is 38.3 Å². The molecule has 1 unspecified atom stereocenters. The number of ether oxygens (including phenoxy) is 1. The number of rotatable bonds is 4. The van der Waals surface area contributed by atoms with Crippen LogP contribution in [0.2, 0.25) is 0 Å². The molecule has 0 bridgehead atoms. The summed E-state index contributed by atoms with van der Waals surface area (Å²) in [6.07, 6.45) is 3.77. The van der Waals surface area contributed by atoms with Crippen LogP contribution in [0.5, 0.6) is 5.75 Å². The molecule has 1 aliphatic rings.